The first-order valence-electron chi connectivity index (χ1n) is 5.05. The number of nitrogens with one attached hydrogen (secondary N) is 1. The summed E-state index contributed by atoms with van der Waals surface area (Å²) in [5.41, 5.74) is 0. The van der Waals surface area contributed by atoms with E-state index < -0.39 is 44.7 Å². The predicted molar refractivity (Wildman–Crippen MR) is 59.7 cm³/mol. The van der Waals surface area contributed by atoms with E-state index >= 15 is 0 Å². The largest absolute Gasteiger partial charge is 0.470 e. The summed E-state index contributed by atoms with van der Waals surface area (Å²) in [6.45, 7) is 0.0910. The SMILES string of the molecule is CC(=O)N[C@@H](C=O)[C@@H](OP(=O)(O)O)[C@H](O)[C@H](O)CO. The number of carbonyl (C=O) groups excluding carboxylic acids is 2. The minimum absolute atomic E-state index is 0.0784. The predicted octanol–water partition coefficient (Wildman–Crippen LogP) is -3.12. The van der Waals surface area contributed by atoms with Crippen LogP contribution in [0, 0.1) is 0 Å². The third-order valence-corrected chi connectivity index (χ3v) is 2.57. The molecule has 0 heterocycles. The van der Waals surface area contributed by atoms with Gasteiger partial charge in [-0.25, -0.2) is 4.57 Å². The molecule has 0 unspecified atom stereocenters. The lowest BCUT2D eigenvalue weighted by Gasteiger charge is -2.29. The fourth-order valence-corrected chi connectivity index (χ4v) is 1.83. The van der Waals surface area contributed by atoms with Crippen LogP contribution >= 0.6 is 7.82 Å². The van der Waals surface area contributed by atoms with Crippen LogP contribution < -0.4 is 5.32 Å². The first-order valence-corrected chi connectivity index (χ1v) is 6.58. The lowest BCUT2D eigenvalue weighted by Crippen LogP contribution is -2.54. The minimum Gasteiger partial charge on any atom is -0.394 e. The molecule has 6 N–H and O–H groups in total. The van der Waals surface area contributed by atoms with E-state index in [9.17, 15) is 24.4 Å². The van der Waals surface area contributed by atoms with Crippen LogP contribution in [0.4, 0.5) is 0 Å². The summed E-state index contributed by atoms with van der Waals surface area (Å²) in [6, 6.07) is -1.61. The minimum atomic E-state index is -5.10. The highest BCUT2D eigenvalue weighted by atomic mass is 31.2. The van der Waals surface area contributed by atoms with Gasteiger partial charge in [-0.2, -0.15) is 0 Å². The number of hydrogen-bond acceptors (Lipinski definition) is 7. The molecular weight excluding hydrogens is 285 g/mol. The summed E-state index contributed by atoms with van der Waals surface area (Å²) >= 11 is 0. The normalized spacial score (nSPS) is 18.2. The molecule has 0 saturated carbocycles. The number of carbonyl (C=O) groups is 2. The van der Waals surface area contributed by atoms with Gasteiger partial charge in [0.1, 0.15) is 30.6 Å². The monoisotopic (exact) mass is 301 g/mol. The Balaban J connectivity index is 5.17. The van der Waals surface area contributed by atoms with E-state index in [0.29, 0.717) is 0 Å². The maximum Gasteiger partial charge on any atom is 0.470 e. The average molecular weight is 301 g/mol. The molecule has 0 saturated heterocycles. The number of hydrogen-bond donors (Lipinski definition) is 6. The number of aldehydes is 1. The molecule has 0 aromatic rings. The second-order valence-electron chi connectivity index (χ2n) is 3.66. The van der Waals surface area contributed by atoms with Crippen LogP contribution in [0.15, 0.2) is 0 Å². The van der Waals surface area contributed by atoms with Gasteiger partial charge >= 0.3 is 7.82 Å². The second-order valence-corrected chi connectivity index (χ2v) is 4.86. The van der Waals surface area contributed by atoms with Crippen molar-refractivity contribution < 1.29 is 43.8 Å². The summed E-state index contributed by atoms with van der Waals surface area (Å²) in [5, 5.41) is 29.4. The smallest absolute Gasteiger partial charge is 0.394 e. The lowest BCUT2D eigenvalue weighted by molar-refractivity contribution is -0.129. The number of aliphatic hydroxyl groups excluding tert-OH is 3. The zero-order chi connectivity index (χ0) is 15.2. The van der Waals surface area contributed by atoms with E-state index in [2.05, 4.69) is 4.52 Å². The quantitative estimate of drug-likeness (QED) is 0.200. The van der Waals surface area contributed by atoms with Crippen LogP contribution in [-0.2, 0) is 18.7 Å². The molecular formula is C8H16NO9P. The highest BCUT2D eigenvalue weighted by molar-refractivity contribution is 7.46. The maximum atomic E-state index is 10.8. The van der Waals surface area contributed by atoms with E-state index in [1.54, 1.807) is 0 Å². The molecule has 0 bridgehead atoms. The molecule has 112 valence electrons. The van der Waals surface area contributed by atoms with Crippen molar-refractivity contribution in [1.29, 1.82) is 0 Å². The Labute approximate surface area is 108 Å². The third kappa shape index (κ3) is 6.73. The summed E-state index contributed by atoms with van der Waals surface area (Å²) in [4.78, 5) is 39.0. The van der Waals surface area contributed by atoms with Crippen molar-refractivity contribution in [3.63, 3.8) is 0 Å². The van der Waals surface area contributed by atoms with Gasteiger partial charge in [-0.1, -0.05) is 0 Å². The van der Waals surface area contributed by atoms with Gasteiger partial charge in [0, 0.05) is 6.92 Å². The maximum absolute atomic E-state index is 10.8. The summed E-state index contributed by atoms with van der Waals surface area (Å²) in [7, 11) is -5.10. The van der Waals surface area contributed by atoms with Gasteiger partial charge in [0.05, 0.1) is 6.61 Å². The summed E-state index contributed by atoms with van der Waals surface area (Å²) in [6.07, 6.45) is -5.66. The average Bonchev–Trinajstić information content (AvgIpc) is 2.29. The second kappa shape index (κ2) is 7.65. The highest BCUT2D eigenvalue weighted by Gasteiger charge is 2.38. The Kier molecular flexibility index (Phi) is 7.30. The van der Waals surface area contributed by atoms with Crippen molar-refractivity contribution >= 4 is 20.0 Å². The van der Waals surface area contributed by atoms with Crippen molar-refractivity contribution in [3.05, 3.63) is 0 Å². The molecule has 11 heteroatoms. The van der Waals surface area contributed by atoms with E-state index in [4.69, 9.17) is 14.9 Å². The Bertz CT molecular complexity index is 356. The van der Waals surface area contributed by atoms with Gasteiger partial charge in [0.15, 0.2) is 0 Å². The van der Waals surface area contributed by atoms with Crippen molar-refractivity contribution in [3.8, 4) is 0 Å². The first-order chi connectivity index (χ1) is 8.62. The lowest BCUT2D eigenvalue weighted by atomic mass is 10.0. The number of phosphoric ester groups is 1. The van der Waals surface area contributed by atoms with Gasteiger partial charge in [0.25, 0.3) is 0 Å². The fraction of sp³-hybridized carbons (Fsp3) is 0.750. The number of rotatable bonds is 8. The van der Waals surface area contributed by atoms with Gasteiger partial charge < -0.3 is 35.2 Å². The van der Waals surface area contributed by atoms with Gasteiger partial charge in [-0.05, 0) is 0 Å². The van der Waals surface area contributed by atoms with Crippen molar-refractivity contribution in [2.75, 3.05) is 6.61 Å². The van der Waals surface area contributed by atoms with Crippen LogP contribution in [0.5, 0.6) is 0 Å². The first kappa shape index (κ1) is 18.1. The molecule has 10 nitrogen and oxygen atoms in total. The van der Waals surface area contributed by atoms with E-state index in [0.717, 1.165) is 6.92 Å². The molecule has 0 aliphatic carbocycles. The Morgan fingerprint density at radius 3 is 2.26 bits per heavy atom. The Morgan fingerprint density at radius 1 is 1.42 bits per heavy atom. The van der Waals surface area contributed by atoms with Crippen molar-refractivity contribution in [2.24, 2.45) is 0 Å². The van der Waals surface area contributed by atoms with Crippen molar-refractivity contribution in [1.82, 2.24) is 5.32 Å². The van der Waals surface area contributed by atoms with Crippen LogP contribution in [0.1, 0.15) is 6.92 Å². The summed E-state index contributed by atoms with van der Waals surface area (Å²) in [5.74, 6) is -0.720. The standard InChI is InChI=1S/C8H16NO9P/c1-4(12)9-5(2-10)8(18-19(15,16)17)7(14)6(13)3-11/h2,5-8,11,13-14H,3H2,1H3,(H,9,12)(H2,15,16,17)/t5-,6+,7+,8+/m0/s1. The molecule has 0 aliphatic rings. The molecule has 0 aliphatic heterocycles. The van der Waals surface area contributed by atoms with E-state index in [1.165, 1.54) is 0 Å². The topological polar surface area (TPSA) is 174 Å². The van der Waals surface area contributed by atoms with E-state index in [-0.39, 0.29) is 6.29 Å². The van der Waals surface area contributed by atoms with Crippen LogP contribution in [0.25, 0.3) is 0 Å². The Hall–Kier alpha value is -0.870. The highest BCUT2D eigenvalue weighted by Crippen LogP contribution is 2.39. The van der Waals surface area contributed by atoms with E-state index in [1.807, 2.05) is 5.32 Å². The molecule has 1 amide bonds. The Morgan fingerprint density at radius 2 is 1.95 bits per heavy atom. The molecule has 0 spiro atoms. The van der Waals surface area contributed by atoms with Gasteiger partial charge in [0.2, 0.25) is 5.91 Å². The molecule has 0 radical (unpaired) electrons. The number of phosphoric acid groups is 1. The molecule has 0 aromatic carbocycles. The molecule has 19 heavy (non-hydrogen) atoms. The molecule has 0 fully saturated rings. The fourth-order valence-electron chi connectivity index (χ4n) is 1.25. The third-order valence-electron chi connectivity index (χ3n) is 2.05. The zero-order valence-corrected chi connectivity index (χ0v) is 10.8. The van der Waals surface area contributed by atoms with Crippen LogP contribution in [0.2, 0.25) is 0 Å². The van der Waals surface area contributed by atoms with Crippen LogP contribution in [-0.4, -0.2) is 68.3 Å². The number of amides is 1. The zero-order valence-electron chi connectivity index (χ0n) is 9.91. The van der Waals surface area contributed by atoms with Crippen molar-refractivity contribution in [2.45, 2.75) is 31.3 Å². The van der Waals surface area contributed by atoms with Gasteiger partial charge in [-0.15, -0.1) is 0 Å². The number of aliphatic hydroxyl groups is 3. The molecule has 4 atom stereocenters. The van der Waals surface area contributed by atoms with Gasteiger partial charge in [-0.3, -0.25) is 9.32 Å². The summed E-state index contributed by atoms with van der Waals surface area (Å²) < 4.78 is 14.9. The molecule has 0 aromatic heterocycles. The molecule has 0 rings (SSSR count). The van der Waals surface area contributed by atoms with Crippen LogP contribution in [0.3, 0.4) is 0 Å².